The quantitative estimate of drug-likeness (QED) is 0.0927. The highest BCUT2D eigenvalue weighted by atomic mass is 35.5. The first-order chi connectivity index (χ1) is 24.8. The molecule has 7 nitrogen and oxygen atoms in total. The molecule has 256 valence electrons. The Kier molecular flexibility index (Phi) is 11.7. The summed E-state index contributed by atoms with van der Waals surface area (Å²) in [6, 6.07) is 35.7. The van der Waals surface area contributed by atoms with E-state index in [2.05, 4.69) is 46.3 Å². The monoisotopic (exact) mass is 730 g/mol. The van der Waals surface area contributed by atoms with Crippen LogP contribution < -0.4 is 16.0 Å². The van der Waals surface area contributed by atoms with Crippen LogP contribution in [0.15, 0.2) is 120 Å². The number of halogens is 1. The van der Waals surface area contributed by atoms with Gasteiger partial charge in [-0.05, 0) is 90.8 Å². The van der Waals surface area contributed by atoms with Crippen LogP contribution in [0.5, 0.6) is 0 Å². The van der Waals surface area contributed by atoms with E-state index in [0.717, 1.165) is 34.6 Å². The number of amides is 3. The van der Waals surface area contributed by atoms with Gasteiger partial charge in [0.05, 0.1) is 10.8 Å². The molecule has 0 saturated carbocycles. The van der Waals surface area contributed by atoms with Crippen LogP contribution in [0.25, 0.3) is 6.08 Å². The summed E-state index contributed by atoms with van der Waals surface area (Å²) in [5, 5.41) is 19.3. The molecule has 1 heterocycles. The van der Waals surface area contributed by atoms with Crippen molar-refractivity contribution in [2.45, 2.75) is 48.7 Å². The van der Waals surface area contributed by atoms with Crippen LogP contribution in [0.4, 0.5) is 10.7 Å². The fourth-order valence-corrected chi connectivity index (χ4v) is 8.50. The number of anilines is 2. The zero-order valence-electron chi connectivity index (χ0n) is 27.8. The molecule has 5 aromatic rings. The average molecular weight is 731 g/mol. The van der Waals surface area contributed by atoms with E-state index in [9.17, 15) is 19.6 Å². The van der Waals surface area contributed by atoms with Gasteiger partial charge in [-0.2, -0.15) is 5.26 Å². The first-order valence-electron chi connectivity index (χ1n) is 16.6. The minimum Gasteiger partial charge on any atom is -0.321 e. The number of hydrogen-bond donors (Lipinski definition) is 3. The SMILES string of the molecule is CCC(Sc1cccc(NC(=O)/C(=C\c2ccccc2Cl)NC(=O)c2ccccc2)c1)C(=O)Nc1sc2c(c1C#N)CCC(c1ccccc1)C2. The summed E-state index contributed by atoms with van der Waals surface area (Å²) in [6.07, 6.45) is 4.71. The molecule has 10 heteroatoms. The van der Waals surface area contributed by atoms with Gasteiger partial charge in [0.25, 0.3) is 11.8 Å². The van der Waals surface area contributed by atoms with Gasteiger partial charge in [-0.1, -0.05) is 91.3 Å². The van der Waals surface area contributed by atoms with Gasteiger partial charge >= 0.3 is 0 Å². The van der Waals surface area contributed by atoms with Gasteiger partial charge in [0.1, 0.15) is 16.8 Å². The fraction of sp³-hybridized carbons (Fsp3) is 0.171. The van der Waals surface area contributed by atoms with Crippen LogP contribution in [-0.4, -0.2) is 23.0 Å². The predicted molar refractivity (Wildman–Crippen MR) is 207 cm³/mol. The molecule has 2 unspecified atom stereocenters. The number of carbonyl (C=O) groups excluding carboxylic acids is 3. The van der Waals surface area contributed by atoms with Gasteiger partial charge in [-0.25, -0.2) is 0 Å². The summed E-state index contributed by atoms with van der Waals surface area (Å²) < 4.78 is 0. The standard InChI is InChI=1S/C41H35ClN4O3S2/c1-2-36(40(49)46-41-33(25-43)32-21-20-28(23-37(32)51-41)26-12-5-3-6-13-26)50-31-18-11-17-30(24-31)44-39(48)35(22-29-16-9-10-19-34(29)42)45-38(47)27-14-7-4-8-15-27/h3-19,22,24,28,36H,2,20-21,23H2,1H3,(H,44,48)(H,45,47)(H,46,49)/b35-22+. The Labute approximate surface area is 310 Å². The maximum atomic E-state index is 13.6. The second-order valence-corrected chi connectivity index (χ2v) is 14.8. The molecule has 0 spiro atoms. The number of nitrogens with zero attached hydrogens (tertiary/aromatic N) is 1. The molecule has 51 heavy (non-hydrogen) atoms. The van der Waals surface area contributed by atoms with E-state index in [0.29, 0.717) is 44.7 Å². The molecule has 0 aliphatic heterocycles. The maximum Gasteiger partial charge on any atom is 0.272 e. The second kappa shape index (κ2) is 16.7. The predicted octanol–water partition coefficient (Wildman–Crippen LogP) is 9.46. The first-order valence-corrected chi connectivity index (χ1v) is 18.7. The topological polar surface area (TPSA) is 111 Å². The number of thiophene rings is 1. The molecule has 2 atom stereocenters. The lowest BCUT2D eigenvalue weighted by Crippen LogP contribution is -2.30. The Morgan fingerprint density at radius 2 is 1.69 bits per heavy atom. The van der Waals surface area contributed by atoms with Crippen molar-refractivity contribution < 1.29 is 14.4 Å². The Balaban J connectivity index is 1.15. The van der Waals surface area contributed by atoms with Crippen molar-refractivity contribution in [3.63, 3.8) is 0 Å². The van der Waals surface area contributed by atoms with E-state index < -0.39 is 17.1 Å². The summed E-state index contributed by atoms with van der Waals surface area (Å²) in [4.78, 5) is 42.2. The lowest BCUT2D eigenvalue weighted by Gasteiger charge is -2.22. The van der Waals surface area contributed by atoms with E-state index in [1.165, 1.54) is 34.7 Å². The zero-order chi connectivity index (χ0) is 35.7. The van der Waals surface area contributed by atoms with Crippen LogP contribution in [0, 0.1) is 11.3 Å². The maximum absolute atomic E-state index is 13.6. The summed E-state index contributed by atoms with van der Waals surface area (Å²) in [6.45, 7) is 1.94. The van der Waals surface area contributed by atoms with Gasteiger partial charge in [0, 0.05) is 26.0 Å². The van der Waals surface area contributed by atoms with Crippen LogP contribution in [0.1, 0.15) is 63.2 Å². The van der Waals surface area contributed by atoms with E-state index in [1.807, 2.05) is 19.1 Å². The van der Waals surface area contributed by atoms with Gasteiger partial charge in [0.2, 0.25) is 5.91 Å². The van der Waals surface area contributed by atoms with Crippen molar-refractivity contribution in [3.8, 4) is 6.07 Å². The van der Waals surface area contributed by atoms with Gasteiger partial charge in [0.15, 0.2) is 0 Å². The van der Waals surface area contributed by atoms with Crippen molar-refractivity contribution in [2.24, 2.45) is 0 Å². The molecule has 6 rings (SSSR count). The summed E-state index contributed by atoms with van der Waals surface area (Å²) in [7, 11) is 0. The van der Waals surface area contributed by atoms with Crippen molar-refractivity contribution in [2.75, 3.05) is 10.6 Å². The Hall–Kier alpha value is -5.14. The summed E-state index contributed by atoms with van der Waals surface area (Å²) in [5.41, 5.74) is 4.40. The molecule has 1 aliphatic carbocycles. The van der Waals surface area contributed by atoms with Crippen molar-refractivity contribution in [1.82, 2.24) is 5.32 Å². The minimum atomic E-state index is -0.536. The number of nitrogens with one attached hydrogen (secondary N) is 3. The number of fused-ring (bicyclic) bond motifs is 1. The molecule has 1 aliphatic rings. The second-order valence-electron chi connectivity index (χ2n) is 12.1. The highest BCUT2D eigenvalue weighted by Crippen LogP contribution is 2.42. The minimum absolute atomic E-state index is 0.0165. The van der Waals surface area contributed by atoms with Gasteiger partial charge in [-0.3, -0.25) is 14.4 Å². The van der Waals surface area contributed by atoms with Crippen LogP contribution in [-0.2, 0) is 22.4 Å². The van der Waals surface area contributed by atoms with Crippen LogP contribution in [0.2, 0.25) is 5.02 Å². The highest BCUT2D eigenvalue weighted by molar-refractivity contribution is 8.00. The molecule has 0 fully saturated rings. The number of nitriles is 1. The Morgan fingerprint density at radius 3 is 2.41 bits per heavy atom. The molecule has 3 amide bonds. The normalized spacial score (nSPS) is 14.5. The Morgan fingerprint density at radius 1 is 0.961 bits per heavy atom. The molecule has 0 saturated heterocycles. The van der Waals surface area contributed by atoms with Gasteiger partial charge < -0.3 is 16.0 Å². The molecular formula is C41H35ClN4O3S2. The molecule has 3 N–H and O–H groups in total. The van der Waals surface area contributed by atoms with Crippen LogP contribution >= 0.6 is 34.7 Å². The van der Waals surface area contributed by atoms with E-state index in [-0.39, 0.29) is 11.6 Å². The molecular weight excluding hydrogens is 696 g/mol. The first kappa shape index (κ1) is 35.7. The number of thioether (sulfide) groups is 1. The lowest BCUT2D eigenvalue weighted by molar-refractivity contribution is -0.116. The Bertz CT molecular complexity index is 2130. The third-order valence-electron chi connectivity index (χ3n) is 8.65. The van der Waals surface area contributed by atoms with E-state index in [1.54, 1.807) is 72.8 Å². The summed E-state index contributed by atoms with van der Waals surface area (Å²) >= 11 is 9.27. The van der Waals surface area contributed by atoms with Crippen molar-refractivity contribution in [3.05, 3.63) is 153 Å². The number of benzene rings is 4. The van der Waals surface area contributed by atoms with E-state index in [4.69, 9.17) is 11.6 Å². The average Bonchev–Trinajstić information content (AvgIpc) is 3.51. The fourth-order valence-electron chi connectivity index (χ4n) is 6.02. The highest BCUT2D eigenvalue weighted by Gasteiger charge is 2.28. The largest absolute Gasteiger partial charge is 0.321 e. The summed E-state index contributed by atoms with van der Waals surface area (Å²) in [5.74, 6) is -0.763. The van der Waals surface area contributed by atoms with Crippen molar-refractivity contribution in [1.29, 1.82) is 5.26 Å². The number of carbonyl (C=O) groups is 3. The molecule has 0 radical (unpaired) electrons. The molecule has 0 bridgehead atoms. The number of rotatable bonds is 11. The zero-order valence-corrected chi connectivity index (χ0v) is 30.2. The lowest BCUT2D eigenvalue weighted by atomic mass is 9.83. The molecule has 4 aromatic carbocycles. The third-order valence-corrected chi connectivity index (χ3v) is 11.5. The molecule has 1 aromatic heterocycles. The van der Waals surface area contributed by atoms with Crippen molar-refractivity contribution >= 4 is 69.2 Å². The number of hydrogen-bond acceptors (Lipinski definition) is 6. The van der Waals surface area contributed by atoms with E-state index >= 15 is 0 Å². The van der Waals surface area contributed by atoms with Crippen LogP contribution in [0.3, 0.4) is 0 Å². The van der Waals surface area contributed by atoms with Gasteiger partial charge in [-0.15, -0.1) is 23.1 Å². The smallest absolute Gasteiger partial charge is 0.272 e. The third kappa shape index (κ3) is 8.78.